The zero-order valence-corrected chi connectivity index (χ0v) is 11.4. The predicted octanol–water partition coefficient (Wildman–Crippen LogP) is 3.90. The van der Waals surface area contributed by atoms with Gasteiger partial charge < -0.3 is 10.1 Å². The topological polar surface area (TPSA) is 21.3 Å². The van der Waals surface area contributed by atoms with Crippen molar-refractivity contribution in [1.29, 1.82) is 0 Å². The summed E-state index contributed by atoms with van der Waals surface area (Å²) in [5, 5.41) is 4.40. The molecule has 1 aromatic carbocycles. The maximum atomic E-state index is 6.13. The van der Waals surface area contributed by atoms with Crippen LogP contribution in [0.4, 0.5) is 0 Å². The SMILES string of the molecule is CNCCC1(Oc2ccc(Cl)cc2Cl)CCC1. The first-order valence-corrected chi connectivity index (χ1v) is 6.69. The third-order valence-electron chi connectivity index (χ3n) is 3.32. The largest absolute Gasteiger partial charge is 0.486 e. The van der Waals surface area contributed by atoms with E-state index in [9.17, 15) is 0 Å². The van der Waals surface area contributed by atoms with Gasteiger partial charge in [-0.1, -0.05) is 23.2 Å². The minimum absolute atomic E-state index is 0.0273. The van der Waals surface area contributed by atoms with E-state index in [1.54, 1.807) is 6.07 Å². The van der Waals surface area contributed by atoms with Crippen LogP contribution in [0, 0.1) is 0 Å². The molecule has 1 aliphatic carbocycles. The van der Waals surface area contributed by atoms with Crippen molar-refractivity contribution in [3.05, 3.63) is 28.2 Å². The van der Waals surface area contributed by atoms with E-state index in [0.717, 1.165) is 31.6 Å². The van der Waals surface area contributed by atoms with Gasteiger partial charge in [-0.15, -0.1) is 0 Å². The Morgan fingerprint density at radius 3 is 2.65 bits per heavy atom. The number of benzene rings is 1. The smallest absolute Gasteiger partial charge is 0.138 e. The molecule has 1 aliphatic rings. The van der Waals surface area contributed by atoms with Crippen molar-refractivity contribution >= 4 is 23.2 Å². The summed E-state index contributed by atoms with van der Waals surface area (Å²) in [5.74, 6) is 0.742. The molecule has 1 fully saturated rings. The highest BCUT2D eigenvalue weighted by Crippen LogP contribution is 2.41. The predicted molar refractivity (Wildman–Crippen MR) is 72.2 cm³/mol. The first-order valence-electron chi connectivity index (χ1n) is 5.94. The number of hydrogen-bond acceptors (Lipinski definition) is 2. The molecule has 2 rings (SSSR count). The summed E-state index contributed by atoms with van der Waals surface area (Å²) in [6.45, 7) is 0.964. The number of halogens is 2. The number of hydrogen-bond donors (Lipinski definition) is 1. The van der Waals surface area contributed by atoms with Crippen LogP contribution in [0.15, 0.2) is 18.2 Å². The second-order valence-electron chi connectivity index (χ2n) is 4.57. The fourth-order valence-electron chi connectivity index (χ4n) is 2.12. The van der Waals surface area contributed by atoms with E-state index in [0.29, 0.717) is 10.0 Å². The molecule has 0 saturated heterocycles. The fraction of sp³-hybridized carbons (Fsp3) is 0.538. The zero-order chi connectivity index (χ0) is 12.3. The van der Waals surface area contributed by atoms with Gasteiger partial charge in [0.2, 0.25) is 0 Å². The molecule has 94 valence electrons. The second-order valence-corrected chi connectivity index (χ2v) is 5.41. The van der Waals surface area contributed by atoms with Gasteiger partial charge in [0, 0.05) is 5.02 Å². The lowest BCUT2D eigenvalue weighted by molar-refractivity contribution is -0.0138. The van der Waals surface area contributed by atoms with Crippen LogP contribution in [-0.2, 0) is 0 Å². The third-order valence-corrected chi connectivity index (χ3v) is 3.85. The molecule has 1 saturated carbocycles. The normalized spacial score (nSPS) is 17.6. The lowest BCUT2D eigenvalue weighted by Gasteiger charge is -2.42. The van der Waals surface area contributed by atoms with E-state index < -0.39 is 0 Å². The summed E-state index contributed by atoms with van der Waals surface area (Å²) in [6.07, 6.45) is 4.46. The molecular formula is C13H17Cl2NO. The molecule has 0 heterocycles. The van der Waals surface area contributed by atoms with Gasteiger partial charge in [0.05, 0.1) is 5.02 Å². The van der Waals surface area contributed by atoms with Crippen molar-refractivity contribution in [2.45, 2.75) is 31.3 Å². The van der Waals surface area contributed by atoms with Crippen LogP contribution in [0.5, 0.6) is 5.75 Å². The van der Waals surface area contributed by atoms with Crippen molar-refractivity contribution in [1.82, 2.24) is 5.32 Å². The van der Waals surface area contributed by atoms with E-state index in [4.69, 9.17) is 27.9 Å². The Hall–Kier alpha value is -0.440. The quantitative estimate of drug-likeness (QED) is 0.879. The highest BCUT2D eigenvalue weighted by atomic mass is 35.5. The van der Waals surface area contributed by atoms with Gasteiger partial charge in [-0.3, -0.25) is 0 Å². The minimum atomic E-state index is -0.0273. The van der Waals surface area contributed by atoms with Crippen LogP contribution in [0.3, 0.4) is 0 Å². The van der Waals surface area contributed by atoms with Crippen LogP contribution in [0.25, 0.3) is 0 Å². The van der Waals surface area contributed by atoms with Crippen molar-refractivity contribution in [2.75, 3.05) is 13.6 Å². The molecule has 1 N–H and O–H groups in total. The monoisotopic (exact) mass is 273 g/mol. The van der Waals surface area contributed by atoms with E-state index in [2.05, 4.69) is 5.32 Å². The molecule has 17 heavy (non-hydrogen) atoms. The van der Waals surface area contributed by atoms with E-state index in [1.807, 2.05) is 19.2 Å². The average molecular weight is 274 g/mol. The van der Waals surface area contributed by atoms with Crippen molar-refractivity contribution in [2.24, 2.45) is 0 Å². The molecule has 0 amide bonds. The second kappa shape index (κ2) is 5.47. The highest BCUT2D eigenvalue weighted by molar-refractivity contribution is 6.35. The van der Waals surface area contributed by atoms with Gasteiger partial charge in [-0.2, -0.15) is 0 Å². The van der Waals surface area contributed by atoms with Gasteiger partial charge in [0.25, 0.3) is 0 Å². The molecule has 0 aliphatic heterocycles. The fourth-order valence-corrected chi connectivity index (χ4v) is 2.57. The lowest BCUT2D eigenvalue weighted by Crippen LogP contribution is -2.45. The summed E-state index contributed by atoms with van der Waals surface area (Å²) in [7, 11) is 1.96. The molecule has 1 aromatic rings. The van der Waals surface area contributed by atoms with Crippen LogP contribution < -0.4 is 10.1 Å². The van der Waals surface area contributed by atoms with Crippen LogP contribution >= 0.6 is 23.2 Å². The van der Waals surface area contributed by atoms with Gasteiger partial charge in [0.15, 0.2) is 0 Å². The van der Waals surface area contributed by atoms with Gasteiger partial charge in [-0.25, -0.2) is 0 Å². The lowest BCUT2D eigenvalue weighted by atomic mass is 9.77. The van der Waals surface area contributed by atoms with Gasteiger partial charge in [0.1, 0.15) is 11.4 Å². The first-order chi connectivity index (χ1) is 8.15. The molecule has 0 aromatic heterocycles. The Labute approximate surface area is 112 Å². The third kappa shape index (κ3) is 3.06. The summed E-state index contributed by atoms with van der Waals surface area (Å²) in [6, 6.07) is 5.39. The number of nitrogens with one attached hydrogen (secondary N) is 1. The standard InChI is InChI=1S/C13H17Cl2NO/c1-16-8-7-13(5-2-6-13)17-12-4-3-10(14)9-11(12)15/h3-4,9,16H,2,5-8H2,1H3. The van der Waals surface area contributed by atoms with E-state index in [1.165, 1.54) is 6.42 Å². The maximum Gasteiger partial charge on any atom is 0.138 e. The Morgan fingerprint density at radius 1 is 1.35 bits per heavy atom. The Balaban J connectivity index is 2.07. The van der Waals surface area contributed by atoms with Crippen LogP contribution in [0.1, 0.15) is 25.7 Å². The zero-order valence-electron chi connectivity index (χ0n) is 9.93. The summed E-state index contributed by atoms with van der Waals surface area (Å²) >= 11 is 12.0. The van der Waals surface area contributed by atoms with Crippen molar-refractivity contribution < 1.29 is 4.74 Å². The number of ether oxygens (including phenoxy) is 1. The molecule has 0 atom stereocenters. The van der Waals surface area contributed by atoms with Gasteiger partial charge >= 0.3 is 0 Å². The van der Waals surface area contributed by atoms with Crippen LogP contribution in [-0.4, -0.2) is 19.2 Å². The maximum absolute atomic E-state index is 6.13. The van der Waals surface area contributed by atoms with Gasteiger partial charge in [-0.05, 0) is 57.5 Å². The van der Waals surface area contributed by atoms with Crippen molar-refractivity contribution in [3.63, 3.8) is 0 Å². The summed E-state index contributed by atoms with van der Waals surface area (Å²) in [5.41, 5.74) is -0.0273. The molecule has 0 bridgehead atoms. The highest BCUT2D eigenvalue weighted by Gasteiger charge is 2.39. The molecule has 0 spiro atoms. The molecular weight excluding hydrogens is 257 g/mol. The summed E-state index contributed by atoms with van der Waals surface area (Å²) in [4.78, 5) is 0. The Bertz CT molecular complexity index is 391. The molecule has 2 nitrogen and oxygen atoms in total. The first kappa shape index (κ1) is 13.0. The summed E-state index contributed by atoms with van der Waals surface area (Å²) < 4.78 is 6.10. The van der Waals surface area contributed by atoms with Crippen LogP contribution in [0.2, 0.25) is 10.0 Å². The average Bonchev–Trinajstić information content (AvgIpc) is 2.25. The van der Waals surface area contributed by atoms with E-state index >= 15 is 0 Å². The van der Waals surface area contributed by atoms with Crippen molar-refractivity contribution in [3.8, 4) is 5.75 Å². The number of rotatable bonds is 5. The Morgan fingerprint density at radius 2 is 2.12 bits per heavy atom. The minimum Gasteiger partial charge on any atom is -0.486 e. The molecule has 4 heteroatoms. The van der Waals surface area contributed by atoms with E-state index in [-0.39, 0.29) is 5.60 Å². The molecule has 0 radical (unpaired) electrons. The molecule has 0 unspecified atom stereocenters. The Kier molecular flexibility index (Phi) is 4.18.